The molecule has 0 amide bonds. The van der Waals surface area contributed by atoms with Gasteiger partial charge in [-0.2, -0.15) is 0 Å². The van der Waals surface area contributed by atoms with Crippen LogP contribution in [0.4, 0.5) is 0 Å². The van der Waals surface area contributed by atoms with E-state index in [1.54, 1.807) is 14.2 Å². The van der Waals surface area contributed by atoms with Crippen molar-refractivity contribution in [3.05, 3.63) is 83.1 Å². The van der Waals surface area contributed by atoms with Crippen molar-refractivity contribution in [3.63, 3.8) is 0 Å². The first-order valence-corrected chi connectivity index (χ1v) is 13.7. The number of carbonyl (C=O) groups is 1. The third-order valence-electron chi connectivity index (χ3n) is 8.83. The molecule has 0 saturated heterocycles. The first kappa shape index (κ1) is 25.9. The predicted octanol–water partition coefficient (Wildman–Crippen LogP) is 4.37. The van der Waals surface area contributed by atoms with E-state index in [1.807, 2.05) is 39.5 Å². The number of para-hydroxylation sites is 1. The summed E-state index contributed by atoms with van der Waals surface area (Å²) >= 11 is 0. The van der Waals surface area contributed by atoms with Crippen molar-refractivity contribution in [2.24, 2.45) is 0 Å². The highest BCUT2D eigenvalue weighted by molar-refractivity contribution is 5.85. The minimum atomic E-state index is -0.406. The monoisotopic (exact) mass is 528 g/mol. The summed E-state index contributed by atoms with van der Waals surface area (Å²) in [6.07, 6.45) is 11.0. The number of nitrogens with one attached hydrogen (secondary N) is 1. The van der Waals surface area contributed by atoms with Crippen LogP contribution >= 0.6 is 0 Å². The number of aromatic nitrogens is 1. The molecule has 7 nitrogen and oxygen atoms in total. The molecule has 1 aliphatic carbocycles. The molecule has 2 aromatic carbocycles. The Morgan fingerprint density at radius 1 is 1.18 bits per heavy atom. The molecule has 1 N–H and O–H groups in total. The van der Waals surface area contributed by atoms with Gasteiger partial charge in [0.05, 0.1) is 39.9 Å². The lowest BCUT2D eigenvalue weighted by atomic mass is 9.71. The van der Waals surface area contributed by atoms with Crippen molar-refractivity contribution >= 4 is 16.9 Å². The van der Waals surface area contributed by atoms with Gasteiger partial charge in [0.15, 0.2) is 17.5 Å². The highest BCUT2D eigenvalue weighted by atomic mass is 16.6. The molecular formula is C32H38N3O4+. The normalized spacial score (nSPS) is 23.1. The number of hydrogen-bond acceptors (Lipinski definition) is 5. The maximum absolute atomic E-state index is 13.9. The molecule has 0 unspecified atom stereocenters. The van der Waals surface area contributed by atoms with Crippen LogP contribution in [0.1, 0.15) is 23.1 Å². The highest BCUT2D eigenvalue weighted by Crippen LogP contribution is 2.52. The number of rotatable bonds is 7. The fourth-order valence-corrected chi connectivity index (χ4v) is 6.67. The van der Waals surface area contributed by atoms with E-state index in [4.69, 9.17) is 14.2 Å². The number of hydrogen-bond donors (Lipinski definition) is 1. The topological polar surface area (TPSA) is 63.8 Å². The number of likely N-dealkylation sites (N-methyl/N-ethyl adjacent to an activating group) is 1. The van der Waals surface area contributed by atoms with E-state index in [0.717, 1.165) is 42.4 Å². The van der Waals surface area contributed by atoms with Crippen LogP contribution in [0.3, 0.4) is 0 Å². The molecule has 3 atom stereocenters. The Labute approximate surface area is 230 Å². The van der Waals surface area contributed by atoms with Crippen LogP contribution in [-0.2, 0) is 27.9 Å². The minimum Gasteiger partial charge on any atom is -0.493 e. The summed E-state index contributed by atoms with van der Waals surface area (Å²) in [4.78, 5) is 19.8. The van der Waals surface area contributed by atoms with Gasteiger partial charge >= 0.3 is 5.97 Å². The van der Waals surface area contributed by atoms with Crippen LogP contribution in [0.2, 0.25) is 0 Å². The van der Waals surface area contributed by atoms with E-state index in [2.05, 4.69) is 52.4 Å². The molecule has 0 bridgehead atoms. The number of aromatic amines is 1. The highest BCUT2D eigenvalue weighted by Gasteiger charge is 2.50. The summed E-state index contributed by atoms with van der Waals surface area (Å²) in [5.74, 6) is 0.804. The van der Waals surface area contributed by atoms with E-state index in [-0.39, 0.29) is 17.6 Å². The quantitative estimate of drug-likeness (QED) is 0.280. The molecule has 1 spiro atoms. The second kappa shape index (κ2) is 9.66. The van der Waals surface area contributed by atoms with Crippen molar-refractivity contribution in [1.29, 1.82) is 0 Å². The van der Waals surface area contributed by atoms with Crippen LogP contribution in [0.5, 0.6) is 11.5 Å². The fraction of sp³-hybridized carbons (Fsp3) is 0.406. The Balaban J connectivity index is 1.36. The van der Waals surface area contributed by atoms with Gasteiger partial charge in [0.2, 0.25) is 0 Å². The summed E-state index contributed by atoms with van der Waals surface area (Å²) in [6.45, 7) is 1.87. The Kier molecular flexibility index (Phi) is 6.41. The molecule has 1 aromatic heterocycles. The molecule has 39 heavy (non-hydrogen) atoms. The molecule has 3 aromatic rings. The van der Waals surface area contributed by atoms with E-state index in [0.29, 0.717) is 22.4 Å². The third-order valence-corrected chi connectivity index (χ3v) is 8.83. The van der Waals surface area contributed by atoms with Crippen molar-refractivity contribution in [2.45, 2.75) is 36.9 Å². The predicted molar refractivity (Wildman–Crippen MR) is 152 cm³/mol. The number of methoxy groups -OCH3 is 2. The Morgan fingerprint density at radius 2 is 2.00 bits per heavy atom. The average molecular weight is 529 g/mol. The van der Waals surface area contributed by atoms with Crippen molar-refractivity contribution in [2.75, 3.05) is 48.5 Å². The first-order valence-electron chi connectivity index (χ1n) is 13.7. The van der Waals surface area contributed by atoms with Crippen molar-refractivity contribution < 1.29 is 23.5 Å². The number of fused-ring (bicyclic) bond motifs is 2. The molecule has 3 aliphatic rings. The standard InChI is InChI=1S/C32H38N3O4/c1-35(2,3)28(16-22-20-33-27-9-7-6-8-25(22)27)31(36)39-30-18-26-21(17-29(30)38-5)12-14-34-15-13-23-10-11-24(37-4)19-32(23,26)34/h6-11,13,17-18,20,24,28,33H,12,14-16,19H2,1-5H3/q+1/t24-,28-,32-/m0/s1. The summed E-state index contributed by atoms with van der Waals surface area (Å²) < 4.78 is 18.3. The van der Waals surface area contributed by atoms with E-state index < -0.39 is 6.04 Å². The van der Waals surface area contributed by atoms with Gasteiger partial charge in [-0.15, -0.1) is 0 Å². The van der Waals surface area contributed by atoms with Gasteiger partial charge in [-0.3, -0.25) is 4.90 Å². The van der Waals surface area contributed by atoms with Gasteiger partial charge in [-0.1, -0.05) is 36.4 Å². The largest absolute Gasteiger partial charge is 0.493 e. The average Bonchev–Trinajstić information content (AvgIpc) is 3.52. The second-order valence-corrected chi connectivity index (χ2v) is 11.8. The number of nitrogens with zero attached hydrogens (tertiary/aromatic N) is 2. The van der Waals surface area contributed by atoms with Gasteiger partial charge in [0.1, 0.15) is 0 Å². The van der Waals surface area contributed by atoms with Crippen LogP contribution < -0.4 is 9.47 Å². The van der Waals surface area contributed by atoms with E-state index >= 15 is 0 Å². The molecule has 0 radical (unpaired) electrons. The SMILES string of the molecule is COc1cc2c(cc1OC(=O)[C@H](Cc1c[nH]c3ccccc13)[N+](C)(C)C)[C@]13C[C@@H](OC)C=CC1=CCN3CC2. The maximum atomic E-state index is 13.9. The van der Waals surface area contributed by atoms with Crippen molar-refractivity contribution in [1.82, 2.24) is 9.88 Å². The van der Waals surface area contributed by atoms with E-state index in [9.17, 15) is 4.79 Å². The summed E-state index contributed by atoms with van der Waals surface area (Å²) in [7, 11) is 9.52. The zero-order valence-corrected chi connectivity index (χ0v) is 23.5. The lowest BCUT2D eigenvalue weighted by Gasteiger charge is -2.48. The Bertz CT molecular complexity index is 1480. The molecule has 204 valence electrons. The fourth-order valence-electron chi connectivity index (χ4n) is 6.67. The van der Waals surface area contributed by atoms with Gasteiger partial charge in [0, 0.05) is 50.1 Å². The number of carbonyl (C=O) groups excluding carboxylic acids is 1. The van der Waals surface area contributed by atoms with Crippen molar-refractivity contribution in [3.8, 4) is 11.5 Å². The first-order chi connectivity index (χ1) is 18.7. The van der Waals surface area contributed by atoms with Crippen LogP contribution in [0.15, 0.2) is 66.4 Å². The lowest BCUT2D eigenvalue weighted by Crippen LogP contribution is -2.52. The van der Waals surface area contributed by atoms with Crippen LogP contribution in [-0.4, -0.2) is 80.9 Å². The minimum absolute atomic E-state index is 0.0283. The molecule has 3 heterocycles. The number of H-pyrrole nitrogens is 1. The number of benzene rings is 2. The molecule has 0 saturated carbocycles. The number of esters is 1. The van der Waals surface area contributed by atoms with Gasteiger partial charge in [-0.25, -0.2) is 4.79 Å². The summed E-state index contributed by atoms with van der Waals surface area (Å²) in [6, 6.07) is 11.9. The van der Waals surface area contributed by atoms with Gasteiger partial charge in [0.25, 0.3) is 0 Å². The van der Waals surface area contributed by atoms with Gasteiger partial charge < -0.3 is 23.7 Å². The summed E-state index contributed by atoms with van der Waals surface area (Å²) in [5, 5.41) is 1.13. The zero-order chi connectivity index (χ0) is 27.4. The zero-order valence-electron chi connectivity index (χ0n) is 23.5. The third kappa shape index (κ3) is 4.29. The van der Waals surface area contributed by atoms with E-state index in [1.165, 1.54) is 16.7 Å². The van der Waals surface area contributed by atoms with Gasteiger partial charge in [-0.05, 0) is 46.9 Å². The smallest absolute Gasteiger partial charge is 0.370 e. The molecule has 7 heteroatoms. The van der Waals surface area contributed by atoms with Crippen LogP contribution in [0.25, 0.3) is 10.9 Å². The lowest BCUT2D eigenvalue weighted by molar-refractivity contribution is -0.887. The molecule has 6 rings (SSSR count). The number of quaternary nitrogens is 1. The Hall–Kier alpha value is -3.39. The maximum Gasteiger partial charge on any atom is 0.370 e. The summed E-state index contributed by atoms with van der Waals surface area (Å²) in [5.41, 5.74) is 5.61. The second-order valence-electron chi connectivity index (χ2n) is 11.8. The van der Waals surface area contributed by atoms with Crippen LogP contribution in [0, 0.1) is 0 Å². The molecule has 2 aliphatic heterocycles. The number of ether oxygens (including phenoxy) is 3. The molecule has 0 fully saturated rings. The molecular weight excluding hydrogens is 490 g/mol. The Morgan fingerprint density at radius 3 is 2.77 bits per heavy atom.